The number of benzene rings is 1. The molecule has 0 amide bonds. The second-order valence-electron chi connectivity index (χ2n) is 3.54. The van der Waals surface area contributed by atoms with E-state index in [4.69, 9.17) is 0 Å². The fourth-order valence-electron chi connectivity index (χ4n) is 1.46. The lowest BCUT2D eigenvalue weighted by Gasteiger charge is -2.08. The molecule has 0 unspecified atom stereocenters. The molecule has 0 aliphatic rings. The number of hydrogen-bond donors (Lipinski definition) is 1. The van der Waals surface area contributed by atoms with E-state index in [-0.39, 0.29) is 5.82 Å². The second-order valence-corrected chi connectivity index (χ2v) is 5.25. The maximum Gasteiger partial charge on any atom is 0.162 e. The monoisotopic (exact) mass is 373 g/mol. The largest absolute Gasteiger partial charge is 0.369 e. The molecular formula is C12H10Br2FN3. The first-order chi connectivity index (χ1) is 8.61. The summed E-state index contributed by atoms with van der Waals surface area (Å²) < 4.78 is 14.5. The summed E-state index contributed by atoms with van der Waals surface area (Å²) in [7, 11) is 0. The van der Waals surface area contributed by atoms with Crippen molar-refractivity contribution >= 4 is 37.7 Å². The minimum Gasteiger partial charge on any atom is -0.369 e. The standard InChI is InChI=1S/C12H10Br2FN3/c1-2-16-12-10(14)6-17-11(18-12)8-4-3-7(15)5-9(8)13/h3-6H,2H2,1H3,(H,16,17,18). The maximum absolute atomic E-state index is 13.0. The van der Waals surface area contributed by atoms with E-state index in [1.54, 1.807) is 12.3 Å². The fourth-order valence-corrected chi connectivity index (χ4v) is 2.32. The molecule has 0 fully saturated rings. The molecule has 6 heteroatoms. The lowest BCUT2D eigenvalue weighted by molar-refractivity contribution is 0.627. The van der Waals surface area contributed by atoms with Crippen LogP contribution >= 0.6 is 31.9 Å². The van der Waals surface area contributed by atoms with E-state index in [1.807, 2.05) is 6.92 Å². The van der Waals surface area contributed by atoms with Gasteiger partial charge in [0.05, 0.1) is 4.47 Å². The molecule has 0 radical (unpaired) electrons. The summed E-state index contributed by atoms with van der Waals surface area (Å²) >= 11 is 6.69. The van der Waals surface area contributed by atoms with Crippen LogP contribution in [0.3, 0.4) is 0 Å². The highest BCUT2D eigenvalue weighted by atomic mass is 79.9. The first-order valence-electron chi connectivity index (χ1n) is 5.33. The zero-order chi connectivity index (χ0) is 13.1. The zero-order valence-electron chi connectivity index (χ0n) is 9.54. The highest BCUT2D eigenvalue weighted by Crippen LogP contribution is 2.28. The third kappa shape index (κ3) is 2.87. The first-order valence-corrected chi connectivity index (χ1v) is 6.92. The predicted molar refractivity (Wildman–Crippen MR) is 77.0 cm³/mol. The van der Waals surface area contributed by atoms with Gasteiger partial charge in [0.1, 0.15) is 11.6 Å². The highest BCUT2D eigenvalue weighted by molar-refractivity contribution is 9.11. The van der Waals surface area contributed by atoms with E-state index >= 15 is 0 Å². The van der Waals surface area contributed by atoms with Gasteiger partial charge in [-0.2, -0.15) is 0 Å². The molecule has 0 bridgehead atoms. The Hall–Kier alpha value is -1.01. The van der Waals surface area contributed by atoms with Crippen molar-refractivity contribution < 1.29 is 4.39 Å². The third-order valence-corrected chi connectivity index (χ3v) is 3.50. The fraction of sp³-hybridized carbons (Fsp3) is 0.167. The van der Waals surface area contributed by atoms with Gasteiger partial charge in [0.25, 0.3) is 0 Å². The van der Waals surface area contributed by atoms with Gasteiger partial charge in [0, 0.05) is 22.8 Å². The summed E-state index contributed by atoms with van der Waals surface area (Å²) in [6, 6.07) is 4.43. The highest BCUT2D eigenvalue weighted by Gasteiger charge is 2.10. The number of aromatic nitrogens is 2. The molecule has 1 heterocycles. The van der Waals surface area contributed by atoms with Crippen LogP contribution in [0.2, 0.25) is 0 Å². The molecule has 0 atom stereocenters. The number of nitrogens with zero attached hydrogens (tertiary/aromatic N) is 2. The molecule has 94 valence electrons. The maximum atomic E-state index is 13.0. The molecule has 1 aromatic heterocycles. The van der Waals surface area contributed by atoms with Crippen LogP contribution in [-0.2, 0) is 0 Å². The number of halogens is 3. The molecule has 1 aromatic carbocycles. The molecule has 1 N–H and O–H groups in total. The van der Waals surface area contributed by atoms with Crippen LogP contribution in [0.4, 0.5) is 10.2 Å². The van der Waals surface area contributed by atoms with E-state index in [9.17, 15) is 4.39 Å². The second kappa shape index (κ2) is 5.75. The van der Waals surface area contributed by atoms with Crippen molar-refractivity contribution in [1.29, 1.82) is 0 Å². The molecule has 0 saturated heterocycles. The Morgan fingerprint density at radius 2 is 2.06 bits per heavy atom. The minimum absolute atomic E-state index is 0.297. The SMILES string of the molecule is CCNc1nc(-c2ccc(F)cc2Br)ncc1Br. The predicted octanol–water partition coefficient (Wildman–Crippen LogP) is 4.24. The van der Waals surface area contributed by atoms with Gasteiger partial charge in [0.15, 0.2) is 5.82 Å². The molecule has 3 nitrogen and oxygen atoms in total. The molecule has 0 aliphatic heterocycles. The van der Waals surface area contributed by atoms with E-state index in [0.717, 1.165) is 22.4 Å². The van der Waals surface area contributed by atoms with Gasteiger partial charge in [0.2, 0.25) is 0 Å². The van der Waals surface area contributed by atoms with Crippen LogP contribution < -0.4 is 5.32 Å². The van der Waals surface area contributed by atoms with Crippen molar-refractivity contribution in [2.45, 2.75) is 6.92 Å². The van der Waals surface area contributed by atoms with Crippen molar-refractivity contribution in [3.63, 3.8) is 0 Å². The summed E-state index contributed by atoms with van der Waals surface area (Å²) in [5, 5.41) is 3.13. The molecule has 2 rings (SSSR count). The van der Waals surface area contributed by atoms with Gasteiger partial charge in [-0.05, 0) is 57.0 Å². The molecule has 0 spiro atoms. The summed E-state index contributed by atoms with van der Waals surface area (Å²) in [5.74, 6) is 0.967. The topological polar surface area (TPSA) is 37.8 Å². The van der Waals surface area contributed by atoms with Gasteiger partial charge < -0.3 is 5.32 Å². The summed E-state index contributed by atoms with van der Waals surface area (Å²) in [4.78, 5) is 8.63. The zero-order valence-corrected chi connectivity index (χ0v) is 12.7. The Kier molecular flexibility index (Phi) is 4.29. The van der Waals surface area contributed by atoms with Gasteiger partial charge in [-0.25, -0.2) is 14.4 Å². The van der Waals surface area contributed by atoms with Crippen molar-refractivity contribution in [3.8, 4) is 11.4 Å². The Morgan fingerprint density at radius 1 is 1.28 bits per heavy atom. The van der Waals surface area contributed by atoms with Crippen LogP contribution in [0.15, 0.2) is 33.3 Å². The quantitative estimate of drug-likeness (QED) is 0.873. The molecule has 2 aromatic rings. The normalized spacial score (nSPS) is 10.4. The Morgan fingerprint density at radius 3 is 2.72 bits per heavy atom. The number of hydrogen-bond acceptors (Lipinski definition) is 3. The van der Waals surface area contributed by atoms with Crippen LogP contribution in [0, 0.1) is 5.82 Å². The van der Waals surface area contributed by atoms with E-state index in [0.29, 0.717) is 10.3 Å². The first kappa shape index (κ1) is 13.4. The average molecular weight is 375 g/mol. The minimum atomic E-state index is -0.297. The lowest BCUT2D eigenvalue weighted by atomic mass is 10.2. The lowest BCUT2D eigenvalue weighted by Crippen LogP contribution is -2.02. The summed E-state index contributed by atoms with van der Waals surface area (Å²) in [6.45, 7) is 2.75. The van der Waals surface area contributed by atoms with Crippen LogP contribution in [0.5, 0.6) is 0 Å². The van der Waals surface area contributed by atoms with Crippen molar-refractivity contribution in [1.82, 2.24) is 9.97 Å². The number of anilines is 1. The van der Waals surface area contributed by atoms with Gasteiger partial charge in [-0.15, -0.1) is 0 Å². The summed E-state index contributed by atoms with van der Waals surface area (Å²) in [5.41, 5.74) is 0.753. The van der Waals surface area contributed by atoms with Crippen LogP contribution in [-0.4, -0.2) is 16.5 Å². The molecular weight excluding hydrogens is 365 g/mol. The number of nitrogens with one attached hydrogen (secondary N) is 1. The molecule has 18 heavy (non-hydrogen) atoms. The summed E-state index contributed by atoms with van der Waals surface area (Å²) in [6.07, 6.45) is 1.68. The third-order valence-electron chi connectivity index (χ3n) is 2.26. The van der Waals surface area contributed by atoms with Crippen molar-refractivity contribution in [3.05, 3.63) is 39.2 Å². The number of rotatable bonds is 3. The van der Waals surface area contributed by atoms with E-state index in [2.05, 4.69) is 47.1 Å². The van der Waals surface area contributed by atoms with Crippen molar-refractivity contribution in [2.75, 3.05) is 11.9 Å². The molecule has 0 aliphatic carbocycles. The smallest absolute Gasteiger partial charge is 0.162 e. The average Bonchev–Trinajstić information content (AvgIpc) is 2.33. The van der Waals surface area contributed by atoms with Gasteiger partial charge >= 0.3 is 0 Å². The van der Waals surface area contributed by atoms with Gasteiger partial charge in [-0.1, -0.05) is 0 Å². The Labute approximate surface area is 121 Å². The van der Waals surface area contributed by atoms with E-state index in [1.165, 1.54) is 12.1 Å². The Balaban J connectivity index is 2.47. The van der Waals surface area contributed by atoms with E-state index < -0.39 is 0 Å². The molecule has 0 saturated carbocycles. The van der Waals surface area contributed by atoms with Gasteiger partial charge in [-0.3, -0.25) is 0 Å². The van der Waals surface area contributed by atoms with Crippen molar-refractivity contribution in [2.24, 2.45) is 0 Å². The Bertz CT molecular complexity index is 575. The van der Waals surface area contributed by atoms with Crippen LogP contribution in [0.25, 0.3) is 11.4 Å². The van der Waals surface area contributed by atoms with Crippen LogP contribution in [0.1, 0.15) is 6.92 Å².